The van der Waals surface area contributed by atoms with Crippen LogP contribution in [0.25, 0.3) is 0 Å². The Hall–Kier alpha value is -0.600. The maximum Gasteiger partial charge on any atom is 0.102 e. The van der Waals surface area contributed by atoms with E-state index in [4.69, 9.17) is 0 Å². The molecule has 0 aliphatic rings. The van der Waals surface area contributed by atoms with Gasteiger partial charge in [-0.05, 0) is 13.8 Å². The van der Waals surface area contributed by atoms with Crippen molar-refractivity contribution in [2.45, 2.75) is 13.8 Å². The summed E-state index contributed by atoms with van der Waals surface area (Å²) in [7, 11) is 0. The van der Waals surface area contributed by atoms with Crippen molar-refractivity contribution < 1.29 is 5.29 Å². The van der Waals surface area contributed by atoms with Crippen LogP contribution in [0.4, 0.5) is 0 Å². The first-order chi connectivity index (χ1) is 3.35. The Balaban J connectivity index is 3.16. The van der Waals surface area contributed by atoms with E-state index in [0.29, 0.717) is 0 Å². The summed E-state index contributed by atoms with van der Waals surface area (Å²) in [5.41, 5.74) is 0. The van der Waals surface area contributed by atoms with Crippen molar-refractivity contribution in [1.82, 2.24) is 5.01 Å². The van der Waals surface area contributed by atoms with Crippen LogP contribution in [-0.2, 0) is 0 Å². The minimum atomic E-state index is 0.764. The first kappa shape index (κ1) is 6.40. The molecule has 3 nitrogen and oxygen atoms in total. The number of hydrogen-bond donors (Lipinski definition) is 1. The summed E-state index contributed by atoms with van der Waals surface area (Å²) in [5.74, 6) is 0. The maximum atomic E-state index is 9.77. The van der Waals surface area contributed by atoms with E-state index in [9.17, 15) is 4.91 Å². The predicted octanol–water partition coefficient (Wildman–Crippen LogP) is -0.910. The molecule has 0 rings (SSSR count). The highest BCUT2D eigenvalue weighted by molar-refractivity contribution is 4.26. The van der Waals surface area contributed by atoms with Crippen molar-refractivity contribution >= 4 is 0 Å². The molecule has 0 atom stereocenters. The average Bonchev–Trinajstić information content (AvgIpc) is 1.72. The van der Waals surface area contributed by atoms with Crippen molar-refractivity contribution in [3.05, 3.63) is 4.91 Å². The summed E-state index contributed by atoms with van der Waals surface area (Å²) >= 11 is 0. The van der Waals surface area contributed by atoms with Gasteiger partial charge in [0.15, 0.2) is 0 Å². The van der Waals surface area contributed by atoms with Crippen LogP contribution >= 0.6 is 0 Å². The Labute approximate surface area is 43.3 Å². The van der Waals surface area contributed by atoms with Gasteiger partial charge in [-0.3, -0.25) is 0 Å². The molecule has 0 heterocycles. The minimum Gasteiger partial charge on any atom is -0.144 e. The van der Waals surface area contributed by atoms with Crippen LogP contribution in [0.1, 0.15) is 13.8 Å². The molecule has 0 aliphatic carbocycles. The summed E-state index contributed by atoms with van der Waals surface area (Å²) in [6.45, 7) is 5.38. The lowest BCUT2D eigenvalue weighted by molar-refractivity contribution is -0.662. The zero-order valence-corrected chi connectivity index (χ0v) is 4.77. The van der Waals surface area contributed by atoms with Crippen molar-refractivity contribution in [3.8, 4) is 0 Å². The predicted molar refractivity (Wildman–Crippen MR) is 27.3 cm³/mol. The molecule has 0 fully saturated rings. The summed E-state index contributed by atoms with van der Waals surface area (Å²) in [5, 5.41) is 3.35. The van der Waals surface area contributed by atoms with Crippen molar-refractivity contribution in [1.29, 1.82) is 0 Å². The molecular formula is C4H11N2O+. The molecule has 7 heavy (non-hydrogen) atoms. The minimum absolute atomic E-state index is 0.764. The summed E-state index contributed by atoms with van der Waals surface area (Å²) in [4.78, 5) is 9.77. The molecule has 0 aromatic rings. The molecule has 0 aromatic carbocycles. The summed E-state index contributed by atoms with van der Waals surface area (Å²) in [6.07, 6.45) is 0. The lowest BCUT2D eigenvalue weighted by Gasteiger charge is -1.98. The molecule has 1 N–H and O–H groups in total. The lowest BCUT2D eigenvalue weighted by Crippen LogP contribution is -2.77. The van der Waals surface area contributed by atoms with E-state index in [1.54, 1.807) is 10.3 Å². The molecule has 0 radical (unpaired) electrons. The topological polar surface area (TPSA) is 34.3 Å². The second-order valence-electron chi connectivity index (χ2n) is 1.26. The third-order valence-electron chi connectivity index (χ3n) is 0.893. The van der Waals surface area contributed by atoms with Crippen LogP contribution in [0.3, 0.4) is 0 Å². The van der Waals surface area contributed by atoms with Gasteiger partial charge >= 0.3 is 0 Å². The highest BCUT2D eigenvalue weighted by Crippen LogP contribution is 1.66. The fourth-order valence-electron chi connectivity index (χ4n) is 0.353. The van der Waals surface area contributed by atoms with Crippen LogP contribution in [0, 0.1) is 4.91 Å². The van der Waals surface area contributed by atoms with Gasteiger partial charge in [0.25, 0.3) is 0 Å². The van der Waals surface area contributed by atoms with Gasteiger partial charge in [-0.2, -0.15) is 0 Å². The van der Waals surface area contributed by atoms with E-state index in [-0.39, 0.29) is 0 Å². The Morgan fingerprint density at radius 2 is 1.86 bits per heavy atom. The van der Waals surface area contributed by atoms with Gasteiger partial charge in [0, 0.05) is 4.91 Å². The van der Waals surface area contributed by atoms with Gasteiger partial charge in [-0.15, -0.1) is 5.01 Å². The maximum absolute atomic E-state index is 9.77. The van der Waals surface area contributed by atoms with Crippen molar-refractivity contribution in [2.75, 3.05) is 13.1 Å². The number of nitrogens with zero attached hydrogens (tertiary/aromatic N) is 1. The van der Waals surface area contributed by atoms with Gasteiger partial charge in [0.05, 0.1) is 13.1 Å². The summed E-state index contributed by atoms with van der Waals surface area (Å²) < 4.78 is 0. The molecule has 0 saturated heterocycles. The van der Waals surface area contributed by atoms with Crippen LogP contribution in [-0.4, -0.2) is 18.1 Å². The van der Waals surface area contributed by atoms with Crippen LogP contribution in [0.15, 0.2) is 0 Å². The Kier molecular flexibility index (Phi) is 3.28. The molecule has 3 heteroatoms. The van der Waals surface area contributed by atoms with Gasteiger partial charge in [-0.25, -0.2) is 0 Å². The fourth-order valence-corrected chi connectivity index (χ4v) is 0.353. The first-order valence-corrected chi connectivity index (χ1v) is 2.47. The van der Waals surface area contributed by atoms with Gasteiger partial charge in [0.2, 0.25) is 0 Å². The van der Waals surface area contributed by atoms with E-state index in [0.717, 1.165) is 13.1 Å². The first-order valence-electron chi connectivity index (χ1n) is 2.47. The van der Waals surface area contributed by atoms with Gasteiger partial charge in [0.1, 0.15) is 5.29 Å². The fraction of sp³-hybridized carbons (Fsp3) is 1.00. The normalized spacial score (nSPS) is 8.29. The van der Waals surface area contributed by atoms with E-state index in [1.807, 2.05) is 13.8 Å². The van der Waals surface area contributed by atoms with E-state index >= 15 is 0 Å². The van der Waals surface area contributed by atoms with Crippen molar-refractivity contribution in [3.63, 3.8) is 0 Å². The number of nitrogens with one attached hydrogen (secondary N) is 1. The molecular weight excluding hydrogens is 92.1 g/mol. The molecule has 0 amide bonds. The molecule has 0 unspecified atom stereocenters. The summed E-state index contributed by atoms with van der Waals surface area (Å²) in [6, 6.07) is 0. The second kappa shape index (κ2) is 3.59. The molecule has 0 spiro atoms. The van der Waals surface area contributed by atoms with E-state index in [1.165, 1.54) is 0 Å². The molecule has 0 bridgehead atoms. The lowest BCUT2D eigenvalue weighted by atomic mass is 10.6. The molecule has 0 aliphatic heterocycles. The number of rotatable bonds is 3. The number of hydrazine groups is 1. The monoisotopic (exact) mass is 103 g/mol. The smallest absolute Gasteiger partial charge is 0.102 e. The Morgan fingerprint density at radius 3 is 1.86 bits per heavy atom. The number of nitroso groups, excluding NO2 is 1. The third kappa shape index (κ3) is 2.14. The Bertz CT molecular complexity index is 51.7. The van der Waals surface area contributed by atoms with E-state index in [2.05, 4.69) is 0 Å². The van der Waals surface area contributed by atoms with E-state index < -0.39 is 0 Å². The van der Waals surface area contributed by atoms with Crippen LogP contribution in [0.5, 0.6) is 0 Å². The highest BCUT2D eigenvalue weighted by atomic mass is 16.3. The van der Waals surface area contributed by atoms with Gasteiger partial charge in [-0.1, -0.05) is 0 Å². The third-order valence-corrected chi connectivity index (χ3v) is 0.893. The van der Waals surface area contributed by atoms with Crippen LogP contribution in [0.2, 0.25) is 0 Å². The zero-order chi connectivity index (χ0) is 5.70. The highest BCUT2D eigenvalue weighted by Gasteiger charge is 1.95. The largest absolute Gasteiger partial charge is 0.144 e. The molecule has 0 saturated carbocycles. The van der Waals surface area contributed by atoms with Gasteiger partial charge < -0.3 is 0 Å². The SMILES string of the molecule is CCN(CC)[NH+]=O. The standard InChI is InChI=1S/C4H10N2O/c1-3-6(4-2)5-7/h3-4H2,1-2H3/p+1. The van der Waals surface area contributed by atoms with Crippen LogP contribution < -0.4 is 5.29 Å². The number of hydrogen-bond acceptors (Lipinski definition) is 1. The second-order valence-corrected chi connectivity index (χ2v) is 1.26. The average molecular weight is 103 g/mol. The van der Waals surface area contributed by atoms with Crippen molar-refractivity contribution in [2.24, 2.45) is 0 Å². The Morgan fingerprint density at radius 1 is 1.43 bits per heavy atom. The zero-order valence-electron chi connectivity index (χ0n) is 4.77. The molecule has 42 valence electrons. The molecule has 0 aromatic heterocycles. The quantitative estimate of drug-likeness (QED) is 0.469.